The molecule has 0 saturated carbocycles. The topological polar surface area (TPSA) is 49.4 Å². The molecule has 0 atom stereocenters. The van der Waals surface area contributed by atoms with E-state index in [0.717, 1.165) is 25.9 Å². The molecule has 4 nitrogen and oxygen atoms in total. The van der Waals surface area contributed by atoms with Gasteiger partial charge in [-0.1, -0.05) is 15.9 Å². The maximum absolute atomic E-state index is 11.7. The van der Waals surface area contributed by atoms with Gasteiger partial charge >= 0.3 is 0 Å². The minimum Gasteiger partial charge on any atom is -0.356 e. The Morgan fingerprint density at radius 1 is 1.12 bits per heavy atom. The molecule has 0 bridgehead atoms. The zero-order chi connectivity index (χ0) is 11.8. The van der Waals surface area contributed by atoms with Crippen LogP contribution in [0.3, 0.4) is 0 Å². The summed E-state index contributed by atoms with van der Waals surface area (Å²) in [6.07, 6.45) is 4.35. The average molecular weight is 291 g/mol. The van der Waals surface area contributed by atoms with E-state index >= 15 is 0 Å². The van der Waals surface area contributed by atoms with Gasteiger partial charge < -0.3 is 10.2 Å². The highest BCUT2D eigenvalue weighted by atomic mass is 79.9. The Labute approximate surface area is 105 Å². The Balaban J connectivity index is 2.12. The van der Waals surface area contributed by atoms with Crippen LogP contribution in [-0.2, 0) is 9.59 Å². The molecule has 1 rings (SSSR count). The first-order valence-corrected chi connectivity index (χ1v) is 6.96. The fourth-order valence-corrected chi connectivity index (χ4v) is 2.14. The third-order valence-corrected chi connectivity index (χ3v) is 3.09. The minimum absolute atomic E-state index is 0.00307. The van der Waals surface area contributed by atoms with E-state index in [4.69, 9.17) is 0 Å². The van der Waals surface area contributed by atoms with Crippen LogP contribution >= 0.6 is 15.9 Å². The van der Waals surface area contributed by atoms with Crippen LogP contribution in [0, 0.1) is 0 Å². The predicted molar refractivity (Wildman–Crippen MR) is 66.5 cm³/mol. The van der Waals surface area contributed by atoms with Gasteiger partial charge in [0.15, 0.2) is 0 Å². The highest BCUT2D eigenvalue weighted by molar-refractivity contribution is 9.09. The molecule has 0 radical (unpaired) electrons. The van der Waals surface area contributed by atoms with Gasteiger partial charge in [-0.05, 0) is 19.3 Å². The van der Waals surface area contributed by atoms with Crippen molar-refractivity contribution >= 4 is 27.7 Å². The normalized spacial score (nSPS) is 15.9. The summed E-state index contributed by atoms with van der Waals surface area (Å²) in [5.41, 5.74) is 0. The molecular weight excluding hydrogens is 272 g/mol. The van der Waals surface area contributed by atoms with Gasteiger partial charge in [0.05, 0.1) is 0 Å². The van der Waals surface area contributed by atoms with Crippen LogP contribution in [0.2, 0.25) is 0 Å². The zero-order valence-electron chi connectivity index (χ0n) is 9.51. The van der Waals surface area contributed by atoms with Crippen molar-refractivity contribution < 1.29 is 9.59 Å². The molecule has 0 unspecified atom stereocenters. The fraction of sp³-hybridized carbons (Fsp3) is 0.818. The Bertz CT molecular complexity index is 240. The zero-order valence-corrected chi connectivity index (χ0v) is 11.1. The van der Waals surface area contributed by atoms with Gasteiger partial charge in [0.1, 0.15) is 0 Å². The number of halogens is 1. The van der Waals surface area contributed by atoms with E-state index in [1.165, 1.54) is 6.42 Å². The number of nitrogens with zero attached hydrogens (tertiary/aromatic N) is 1. The summed E-state index contributed by atoms with van der Waals surface area (Å²) in [5.74, 6) is 0.169. The molecular formula is C11H19BrN2O2. The third kappa shape index (κ3) is 4.96. The maximum Gasteiger partial charge on any atom is 0.224 e. The van der Waals surface area contributed by atoms with Crippen molar-refractivity contribution in [1.29, 1.82) is 0 Å². The van der Waals surface area contributed by atoms with E-state index in [1.807, 2.05) is 4.90 Å². The van der Waals surface area contributed by atoms with Crippen molar-refractivity contribution in [2.75, 3.05) is 25.0 Å². The number of nitrogens with one attached hydrogen (secondary N) is 1. The summed E-state index contributed by atoms with van der Waals surface area (Å²) in [4.78, 5) is 24.7. The number of piperidine rings is 1. The smallest absolute Gasteiger partial charge is 0.224 e. The molecule has 1 saturated heterocycles. The number of carbonyl (C=O) groups excluding carboxylic acids is 2. The van der Waals surface area contributed by atoms with E-state index in [-0.39, 0.29) is 11.8 Å². The van der Waals surface area contributed by atoms with Crippen molar-refractivity contribution in [2.45, 2.75) is 32.1 Å². The first kappa shape index (κ1) is 13.5. The molecule has 1 aliphatic heterocycles. The summed E-state index contributed by atoms with van der Waals surface area (Å²) in [5, 5.41) is 3.40. The van der Waals surface area contributed by atoms with Gasteiger partial charge in [0.25, 0.3) is 0 Å². The second kappa shape index (κ2) is 7.65. The molecule has 1 heterocycles. The molecule has 5 heteroatoms. The number of likely N-dealkylation sites (tertiary alicyclic amines) is 1. The highest BCUT2D eigenvalue weighted by Gasteiger charge is 2.15. The van der Waals surface area contributed by atoms with Gasteiger partial charge in [0, 0.05) is 37.8 Å². The SMILES string of the molecule is O=C(CCBr)NCCC(=O)N1CCCCC1. The fourth-order valence-electron chi connectivity index (χ4n) is 1.78. The summed E-state index contributed by atoms with van der Waals surface area (Å²) < 4.78 is 0. The van der Waals surface area contributed by atoms with Crippen LogP contribution in [0.4, 0.5) is 0 Å². The van der Waals surface area contributed by atoms with Crippen molar-refractivity contribution in [3.05, 3.63) is 0 Å². The number of carbonyl (C=O) groups is 2. The summed E-state index contributed by atoms with van der Waals surface area (Å²) in [7, 11) is 0. The Kier molecular flexibility index (Phi) is 6.45. The van der Waals surface area contributed by atoms with Crippen LogP contribution in [0.5, 0.6) is 0 Å². The number of hydrogen-bond donors (Lipinski definition) is 1. The largest absolute Gasteiger partial charge is 0.356 e. The summed E-state index contributed by atoms with van der Waals surface area (Å²) in [6.45, 7) is 2.23. The number of amides is 2. The molecule has 16 heavy (non-hydrogen) atoms. The van der Waals surface area contributed by atoms with Gasteiger partial charge in [-0.2, -0.15) is 0 Å². The van der Waals surface area contributed by atoms with E-state index in [0.29, 0.717) is 24.7 Å². The van der Waals surface area contributed by atoms with Gasteiger partial charge in [0.2, 0.25) is 11.8 Å². The Hall–Kier alpha value is -0.580. The number of hydrogen-bond acceptors (Lipinski definition) is 2. The van der Waals surface area contributed by atoms with Crippen LogP contribution < -0.4 is 5.32 Å². The maximum atomic E-state index is 11.7. The standard InChI is InChI=1S/C11H19BrN2O2/c12-6-4-10(15)13-7-5-11(16)14-8-2-1-3-9-14/h1-9H2,(H,13,15). The molecule has 1 N–H and O–H groups in total. The molecule has 0 aromatic heterocycles. The lowest BCUT2D eigenvalue weighted by Gasteiger charge is -2.26. The first-order valence-electron chi connectivity index (χ1n) is 5.84. The molecule has 0 aliphatic carbocycles. The lowest BCUT2D eigenvalue weighted by Crippen LogP contribution is -2.37. The molecule has 1 fully saturated rings. The molecule has 2 amide bonds. The second-order valence-corrected chi connectivity index (χ2v) is 4.77. The van der Waals surface area contributed by atoms with Crippen molar-refractivity contribution in [1.82, 2.24) is 10.2 Å². The molecule has 1 aliphatic rings. The minimum atomic E-state index is 0.00307. The quantitative estimate of drug-likeness (QED) is 0.776. The second-order valence-electron chi connectivity index (χ2n) is 3.98. The van der Waals surface area contributed by atoms with E-state index in [9.17, 15) is 9.59 Å². The molecule has 92 valence electrons. The van der Waals surface area contributed by atoms with Crippen LogP contribution in [0.15, 0.2) is 0 Å². The monoisotopic (exact) mass is 290 g/mol. The van der Waals surface area contributed by atoms with Crippen molar-refractivity contribution in [3.63, 3.8) is 0 Å². The van der Waals surface area contributed by atoms with Crippen molar-refractivity contribution in [2.24, 2.45) is 0 Å². The van der Waals surface area contributed by atoms with Crippen LogP contribution in [0.25, 0.3) is 0 Å². The van der Waals surface area contributed by atoms with Crippen LogP contribution in [0.1, 0.15) is 32.1 Å². The van der Waals surface area contributed by atoms with E-state index < -0.39 is 0 Å². The van der Waals surface area contributed by atoms with Gasteiger partial charge in [-0.15, -0.1) is 0 Å². The van der Waals surface area contributed by atoms with Crippen molar-refractivity contribution in [3.8, 4) is 0 Å². The average Bonchev–Trinajstić information content (AvgIpc) is 2.30. The molecule has 0 spiro atoms. The number of rotatable bonds is 5. The Morgan fingerprint density at radius 2 is 1.81 bits per heavy atom. The molecule has 0 aromatic rings. The third-order valence-electron chi connectivity index (χ3n) is 2.69. The van der Waals surface area contributed by atoms with E-state index in [1.54, 1.807) is 0 Å². The highest BCUT2D eigenvalue weighted by Crippen LogP contribution is 2.09. The van der Waals surface area contributed by atoms with Gasteiger partial charge in [-0.25, -0.2) is 0 Å². The van der Waals surface area contributed by atoms with Gasteiger partial charge in [-0.3, -0.25) is 9.59 Å². The van der Waals surface area contributed by atoms with Crippen LogP contribution in [-0.4, -0.2) is 41.7 Å². The lowest BCUT2D eigenvalue weighted by molar-refractivity contribution is -0.132. The molecule has 0 aromatic carbocycles. The lowest BCUT2D eigenvalue weighted by atomic mass is 10.1. The summed E-state index contributed by atoms with van der Waals surface area (Å²) in [6, 6.07) is 0. The Morgan fingerprint density at radius 3 is 2.44 bits per heavy atom. The van der Waals surface area contributed by atoms with E-state index in [2.05, 4.69) is 21.2 Å². The number of alkyl halides is 1. The first-order chi connectivity index (χ1) is 7.74. The summed E-state index contributed by atoms with van der Waals surface area (Å²) >= 11 is 3.20. The predicted octanol–water partition coefficient (Wildman–Crippen LogP) is 1.29.